The van der Waals surface area contributed by atoms with E-state index in [1.54, 1.807) is 0 Å². The number of hydrogen-bond donors (Lipinski definition) is 1. The molecule has 1 amide bonds. The maximum Gasteiger partial charge on any atom is 0.228 e. The van der Waals surface area contributed by atoms with Crippen molar-refractivity contribution < 1.29 is 4.79 Å². The summed E-state index contributed by atoms with van der Waals surface area (Å²) in [5.74, 6) is 0.158. The molecule has 0 bridgehead atoms. The van der Waals surface area contributed by atoms with Crippen molar-refractivity contribution in [2.45, 2.75) is 46.2 Å². The van der Waals surface area contributed by atoms with Crippen LogP contribution in [-0.4, -0.2) is 39.9 Å². The van der Waals surface area contributed by atoms with E-state index < -0.39 is 5.41 Å². The van der Waals surface area contributed by atoms with Gasteiger partial charge in [-0.3, -0.25) is 19.7 Å². The molecule has 1 atom stereocenters. The minimum atomic E-state index is -0.424. The zero-order chi connectivity index (χ0) is 22.6. The average molecular weight is 429 g/mol. The van der Waals surface area contributed by atoms with Crippen molar-refractivity contribution in [2.24, 2.45) is 5.41 Å². The maximum absolute atomic E-state index is 13.4. The second kappa shape index (κ2) is 9.61. The predicted octanol–water partition coefficient (Wildman–Crippen LogP) is 4.41. The van der Waals surface area contributed by atoms with Crippen LogP contribution < -0.4 is 5.32 Å². The molecule has 0 aliphatic carbocycles. The molecule has 0 spiro atoms. The van der Waals surface area contributed by atoms with Gasteiger partial charge in [-0.1, -0.05) is 30.3 Å². The Bertz CT molecular complexity index is 1050. The lowest BCUT2D eigenvalue weighted by Gasteiger charge is -2.29. The van der Waals surface area contributed by atoms with Crippen LogP contribution in [0.25, 0.3) is 11.1 Å². The first-order valence-corrected chi connectivity index (χ1v) is 11.4. The van der Waals surface area contributed by atoms with Crippen LogP contribution in [0.4, 0.5) is 0 Å². The number of nitrogens with zero attached hydrogens (tertiary/aromatic N) is 3. The molecule has 1 saturated heterocycles. The number of carbonyl (C=O) groups is 1. The summed E-state index contributed by atoms with van der Waals surface area (Å²) in [6, 6.07) is 18.9. The first-order chi connectivity index (χ1) is 15.4. The molecule has 1 aliphatic rings. The molecule has 5 heteroatoms. The fourth-order valence-corrected chi connectivity index (χ4v) is 4.59. The fourth-order valence-electron chi connectivity index (χ4n) is 4.59. The van der Waals surface area contributed by atoms with Crippen LogP contribution in [0.2, 0.25) is 0 Å². The molecule has 4 rings (SSSR count). The monoisotopic (exact) mass is 428 g/mol. The number of benzene rings is 1. The lowest BCUT2D eigenvalue weighted by Crippen LogP contribution is -2.46. The minimum Gasteiger partial charge on any atom is -0.353 e. The number of rotatable bonds is 7. The highest BCUT2D eigenvalue weighted by atomic mass is 16.2. The highest BCUT2D eigenvalue weighted by molar-refractivity contribution is 5.84. The third kappa shape index (κ3) is 5.22. The van der Waals surface area contributed by atoms with E-state index >= 15 is 0 Å². The zero-order valence-electron chi connectivity index (χ0n) is 19.2. The van der Waals surface area contributed by atoms with E-state index in [1.807, 2.05) is 51.4 Å². The van der Waals surface area contributed by atoms with Gasteiger partial charge in [0.15, 0.2) is 0 Å². The van der Waals surface area contributed by atoms with Gasteiger partial charge in [-0.15, -0.1) is 0 Å². The lowest BCUT2D eigenvalue weighted by molar-refractivity contribution is -0.131. The van der Waals surface area contributed by atoms with E-state index in [-0.39, 0.29) is 11.9 Å². The summed E-state index contributed by atoms with van der Waals surface area (Å²) in [7, 11) is 0. The Labute approximate surface area is 190 Å². The molecule has 1 aliphatic heterocycles. The minimum absolute atomic E-state index is 0.126. The van der Waals surface area contributed by atoms with Crippen molar-refractivity contribution in [1.29, 1.82) is 0 Å². The highest BCUT2D eigenvalue weighted by Gasteiger charge is 2.44. The second-order valence-electron chi connectivity index (χ2n) is 9.25. The molecule has 5 nitrogen and oxygen atoms in total. The summed E-state index contributed by atoms with van der Waals surface area (Å²) in [5, 5.41) is 3.19. The summed E-state index contributed by atoms with van der Waals surface area (Å²) < 4.78 is 0. The van der Waals surface area contributed by atoms with E-state index in [9.17, 15) is 4.79 Å². The topological polar surface area (TPSA) is 58.1 Å². The highest BCUT2D eigenvalue weighted by Crippen LogP contribution is 2.36. The van der Waals surface area contributed by atoms with Crippen LogP contribution in [0.5, 0.6) is 0 Å². The van der Waals surface area contributed by atoms with Crippen LogP contribution in [0.3, 0.4) is 0 Å². The molecule has 166 valence electrons. The second-order valence-corrected chi connectivity index (χ2v) is 9.25. The van der Waals surface area contributed by atoms with Gasteiger partial charge in [0.05, 0.1) is 11.1 Å². The van der Waals surface area contributed by atoms with Crippen LogP contribution in [-0.2, 0) is 17.8 Å². The van der Waals surface area contributed by atoms with Crippen LogP contribution in [0, 0.1) is 12.3 Å². The van der Waals surface area contributed by atoms with E-state index in [0.29, 0.717) is 0 Å². The maximum atomic E-state index is 13.4. The zero-order valence-corrected chi connectivity index (χ0v) is 19.2. The van der Waals surface area contributed by atoms with Crippen molar-refractivity contribution in [3.8, 4) is 11.1 Å². The van der Waals surface area contributed by atoms with E-state index in [0.717, 1.165) is 55.0 Å². The number of aryl methyl sites for hydroxylation is 1. The number of amides is 1. The molecule has 1 aromatic carbocycles. The van der Waals surface area contributed by atoms with Crippen molar-refractivity contribution in [2.75, 3.05) is 13.1 Å². The molecule has 3 heterocycles. The average Bonchev–Trinajstić information content (AvgIpc) is 3.18. The fraction of sp³-hybridized carbons (Fsp3) is 0.370. The lowest BCUT2D eigenvalue weighted by atomic mass is 9.79. The first-order valence-electron chi connectivity index (χ1n) is 11.4. The Hall–Kier alpha value is -3.05. The smallest absolute Gasteiger partial charge is 0.228 e. The van der Waals surface area contributed by atoms with Gasteiger partial charge < -0.3 is 5.32 Å². The van der Waals surface area contributed by atoms with Crippen LogP contribution >= 0.6 is 0 Å². The predicted molar refractivity (Wildman–Crippen MR) is 128 cm³/mol. The molecule has 2 aromatic heterocycles. The standard InChI is InChI=1S/C27H32N4O/c1-20(2)29-26(32)27(13-16-31(19-27)18-25-6-4-5-21(3)30-25)17-22-7-9-23(10-8-22)24-11-14-28-15-12-24/h4-12,14-15,20H,13,16-19H2,1-3H3,(H,29,32). The summed E-state index contributed by atoms with van der Waals surface area (Å²) in [5.41, 5.74) is 5.17. The number of hydrogen-bond acceptors (Lipinski definition) is 4. The number of aromatic nitrogens is 2. The van der Waals surface area contributed by atoms with Crippen LogP contribution in [0.1, 0.15) is 37.2 Å². The largest absolute Gasteiger partial charge is 0.353 e. The van der Waals surface area contributed by atoms with E-state index in [1.165, 1.54) is 5.56 Å². The molecule has 1 N–H and O–H groups in total. The number of nitrogens with one attached hydrogen (secondary N) is 1. The molecule has 0 saturated carbocycles. The van der Waals surface area contributed by atoms with Gasteiger partial charge in [0.25, 0.3) is 0 Å². The van der Waals surface area contributed by atoms with Gasteiger partial charge in [0.1, 0.15) is 0 Å². The molecular formula is C27H32N4O. The van der Waals surface area contributed by atoms with E-state index in [2.05, 4.69) is 56.6 Å². The van der Waals surface area contributed by atoms with Gasteiger partial charge >= 0.3 is 0 Å². The third-order valence-corrected chi connectivity index (χ3v) is 6.18. The van der Waals surface area contributed by atoms with Gasteiger partial charge in [0, 0.05) is 37.2 Å². The normalized spacial score (nSPS) is 18.8. The van der Waals surface area contributed by atoms with Crippen molar-refractivity contribution in [1.82, 2.24) is 20.2 Å². The van der Waals surface area contributed by atoms with Crippen molar-refractivity contribution in [3.63, 3.8) is 0 Å². The Balaban J connectivity index is 1.52. The Kier molecular flexibility index (Phi) is 6.66. The summed E-state index contributed by atoms with van der Waals surface area (Å²) in [4.78, 5) is 24.5. The van der Waals surface area contributed by atoms with Crippen molar-refractivity contribution in [3.05, 3.63) is 83.9 Å². The molecular weight excluding hydrogens is 396 g/mol. The van der Waals surface area contributed by atoms with Crippen molar-refractivity contribution >= 4 is 5.91 Å². The molecule has 0 radical (unpaired) electrons. The van der Waals surface area contributed by atoms with Gasteiger partial charge in [-0.2, -0.15) is 0 Å². The number of carbonyl (C=O) groups excluding carboxylic acids is 1. The molecule has 32 heavy (non-hydrogen) atoms. The quantitative estimate of drug-likeness (QED) is 0.606. The summed E-state index contributed by atoms with van der Waals surface area (Å²) in [6.07, 6.45) is 5.21. The SMILES string of the molecule is Cc1cccc(CN2CCC(Cc3ccc(-c4ccncc4)cc3)(C(=O)NC(C)C)C2)n1. The molecule has 1 fully saturated rings. The van der Waals surface area contributed by atoms with Gasteiger partial charge in [-0.25, -0.2) is 0 Å². The Morgan fingerprint density at radius 3 is 2.47 bits per heavy atom. The first kappa shape index (κ1) is 22.2. The third-order valence-electron chi connectivity index (χ3n) is 6.18. The van der Waals surface area contributed by atoms with Gasteiger partial charge in [-0.05, 0) is 81.1 Å². The molecule has 1 unspecified atom stereocenters. The Morgan fingerprint density at radius 1 is 1.06 bits per heavy atom. The van der Waals surface area contributed by atoms with Gasteiger partial charge in [0.2, 0.25) is 5.91 Å². The molecule has 3 aromatic rings. The van der Waals surface area contributed by atoms with E-state index in [4.69, 9.17) is 0 Å². The number of pyridine rings is 2. The number of likely N-dealkylation sites (tertiary alicyclic amines) is 1. The summed E-state index contributed by atoms with van der Waals surface area (Å²) in [6.45, 7) is 8.49. The Morgan fingerprint density at radius 2 is 1.78 bits per heavy atom. The summed E-state index contributed by atoms with van der Waals surface area (Å²) >= 11 is 0. The van der Waals surface area contributed by atoms with Crippen LogP contribution in [0.15, 0.2) is 67.0 Å².